The second kappa shape index (κ2) is 10.6. The molecule has 2 N–H and O–H groups in total. The summed E-state index contributed by atoms with van der Waals surface area (Å²) in [5.41, 5.74) is -0.457. The maximum Gasteiger partial charge on any atom is 0.248 e. The number of benzene rings is 1. The Hall–Kier alpha value is -1.31. The summed E-state index contributed by atoms with van der Waals surface area (Å²) in [6, 6.07) is 8.52. The largest absolute Gasteiger partial charge is 0.390 e. The summed E-state index contributed by atoms with van der Waals surface area (Å²) in [5.74, 6) is -1.17. The third-order valence-electron chi connectivity index (χ3n) is 13.6. The summed E-state index contributed by atoms with van der Waals surface area (Å²) in [4.78, 5) is 0.256. The molecular formula is C36H52F2O4S. The molecule has 1 aromatic carbocycles. The van der Waals surface area contributed by atoms with Crippen molar-refractivity contribution in [3.05, 3.63) is 42.0 Å². The lowest BCUT2D eigenvalue weighted by Gasteiger charge is -2.59. The van der Waals surface area contributed by atoms with Crippen LogP contribution in [0, 0.1) is 40.4 Å². The molecule has 0 aromatic heterocycles. The zero-order chi connectivity index (χ0) is 31.1. The first-order chi connectivity index (χ1) is 20.0. The summed E-state index contributed by atoms with van der Waals surface area (Å²) in [7, 11) is -3.81. The highest BCUT2D eigenvalue weighted by atomic mass is 32.2. The minimum Gasteiger partial charge on any atom is -0.390 e. The topological polar surface area (TPSA) is 74.6 Å². The number of hydrogen-bond donors (Lipinski definition) is 2. The maximum absolute atomic E-state index is 14.3. The molecule has 4 fully saturated rings. The Kier molecular flexibility index (Phi) is 7.82. The van der Waals surface area contributed by atoms with E-state index in [2.05, 4.69) is 26.8 Å². The molecule has 0 aliphatic heterocycles. The molecule has 5 aliphatic rings. The molecule has 0 amide bonds. The fourth-order valence-corrected chi connectivity index (χ4v) is 13.2. The van der Waals surface area contributed by atoms with Gasteiger partial charge in [0.25, 0.3) is 0 Å². The Morgan fingerprint density at radius 1 is 0.884 bits per heavy atom. The van der Waals surface area contributed by atoms with Crippen molar-refractivity contribution >= 4 is 9.84 Å². The maximum atomic E-state index is 14.3. The molecule has 0 radical (unpaired) electrons. The van der Waals surface area contributed by atoms with Crippen LogP contribution >= 0.6 is 0 Å². The molecule has 240 valence electrons. The zero-order valence-corrected chi connectivity index (χ0v) is 27.3. The molecule has 4 nitrogen and oxygen atoms in total. The first kappa shape index (κ1) is 31.7. The van der Waals surface area contributed by atoms with Crippen LogP contribution in [0.1, 0.15) is 111 Å². The Bertz CT molecular complexity index is 1330. The number of fused-ring (bicyclic) bond motifs is 5. The van der Waals surface area contributed by atoms with Crippen LogP contribution in [0.4, 0.5) is 8.78 Å². The van der Waals surface area contributed by atoms with Gasteiger partial charge in [0.15, 0.2) is 9.84 Å². The number of sulfone groups is 1. The van der Waals surface area contributed by atoms with Gasteiger partial charge in [-0.3, -0.25) is 0 Å². The molecule has 6 rings (SSSR count). The third-order valence-corrected chi connectivity index (χ3v) is 16.0. The monoisotopic (exact) mass is 618 g/mol. The summed E-state index contributed by atoms with van der Waals surface area (Å²) in [6.45, 7) is 8.87. The van der Waals surface area contributed by atoms with Crippen molar-refractivity contribution in [1.29, 1.82) is 0 Å². The Morgan fingerprint density at radius 3 is 2.23 bits per heavy atom. The zero-order valence-electron chi connectivity index (χ0n) is 26.5. The second-order valence-corrected chi connectivity index (χ2v) is 18.4. The Labute approximate surface area is 257 Å². The van der Waals surface area contributed by atoms with Crippen molar-refractivity contribution in [1.82, 2.24) is 0 Å². The average molecular weight is 619 g/mol. The number of alkyl halides is 2. The Morgan fingerprint density at radius 2 is 1.56 bits per heavy atom. The van der Waals surface area contributed by atoms with Crippen LogP contribution in [-0.2, 0) is 9.84 Å². The molecule has 0 heterocycles. The lowest BCUT2D eigenvalue weighted by Crippen LogP contribution is -2.53. The van der Waals surface area contributed by atoms with Crippen molar-refractivity contribution < 1.29 is 27.4 Å². The second-order valence-electron chi connectivity index (χ2n) is 16.2. The molecular weight excluding hydrogens is 566 g/mol. The van der Waals surface area contributed by atoms with Crippen molar-refractivity contribution in [3.8, 4) is 0 Å². The van der Waals surface area contributed by atoms with Gasteiger partial charge in [-0.25, -0.2) is 17.2 Å². The molecule has 43 heavy (non-hydrogen) atoms. The molecule has 1 aromatic rings. The minimum absolute atomic E-state index is 0.00484. The number of aliphatic hydroxyl groups is 2. The summed E-state index contributed by atoms with van der Waals surface area (Å²) in [6.07, 6.45) is 9.39. The summed E-state index contributed by atoms with van der Waals surface area (Å²) >= 11 is 0. The van der Waals surface area contributed by atoms with Crippen LogP contribution in [0.3, 0.4) is 0 Å². The number of allylic oxidation sites excluding steroid dienone is 1. The molecule has 0 bridgehead atoms. The van der Waals surface area contributed by atoms with E-state index in [-0.39, 0.29) is 46.8 Å². The number of rotatable bonds is 6. The average Bonchev–Trinajstić information content (AvgIpc) is 3.31. The van der Waals surface area contributed by atoms with Gasteiger partial charge < -0.3 is 10.2 Å². The standard InChI is InChI=1S/C36H52F2O4S/c1-24(31(43(41,42)26-8-6-5-7-9-26)23-35(40)18-20-36(37,38)21-19-35)28-12-13-29-27-11-10-25-22-32(2,39)16-17-33(25,3)30(27)14-15-34(28,29)4/h5-10,24,27-31,39-40H,11-23H2,1-4H3/t24-,27-,28+,29-,30-,31?,32-,33-,34+/m0/s1. The van der Waals surface area contributed by atoms with E-state index < -0.39 is 45.1 Å². The lowest BCUT2D eigenvalue weighted by atomic mass is 9.46. The fraction of sp³-hybridized carbons (Fsp3) is 0.778. The summed E-state index contributed by atoms with van der Waals surface area (Å²) < 4.78 is 56.8. The van der Waals surface area contributed by atoms with Gasteiger partial charge in [-0.15, -0.1) is 0 Å². The molecule has 9 atom stereocenters. The van der Waals surface area contributed by atoms with E-state index >= 15 is 0 Å². The van der Waals surface area contributed by atoms with Gasteiger partial charge in [0.05, 0.1) is 21.3 Å². The molecule has 0 spiro atoms. The van der Waals surface area contributed by atoms with E-state index in [1.807, 2.05) is 6.92 Å². The van der Waals surface area contributed by atoms with Gasteiger partial charge in [-0.1, -0.05) is 50.6 Å². The molecule has 1 unspecified atom stereocenters. The number of halogens is 2. The minimum atomic E-state index is -3.81. The first-order valence-corrected chi connectivity index (χ1v) is 18.4. The van der Waals surface area contributed by atoms with E-state index in [9.17, 15) is 27.4 Å². The highest BCUT2D eigenvalue weighted by Crippen LogP contribution is 2.68. The molecule has 0 saturated heterocycles. The smallest absolute Gasteiger partial charge is 0.248 e. The van der Waals surface area contributed by atoms with Gasteiger partial charge in [0.1, 0.15) is 0 Å². The SMILES string of the molecule is C[C@H](C(CC1(O)CCC(F)(F)CC1)S(=O)(=O)c1ccccc1)[C@H]1CC[C@H]2[C@@H]3CC=C4C[C@@](C)(O)CC[C@]4(C)[C@H]3CC[C@]12C. The summed E-state index contributed by atoms with van der Waals surface area (Å²) in [5, 5.41) is 21.6. The van der Waals surface area contributed by atoms with Crippen molar-refractivity contribution in [2.24, 2.45) is 40.4 Å². The highest BCUT2D eigenvalue weighted by Gasteiger charge is 2.61. The lowest BCUT2D eigenvalue weighted by molar-refractivity contribution is -0.109. The van der Waals surface area contributed by atoms with Gasteiger partial charge in [-0.05, 0) is 130 Å². The van der Waals surface area contributed by atoms with Crippen molar-refractivity contribution in [2.45, 2.75) is 138 Å². The van der Waals surface area contributed by atoms with E-state index in [0.717, 1.165) is 51.4 Å². The normalized spacial score (nSPS) is 41.7. The van der Waals surface area contributed by atoms with E-state index in [0.29, 0.717) is 17.8 Å². The van der Waals surface area contributed by atoms with Gasteiger partial charge >= 0.3 is 0 Å². The van der Waals surface area contributed by atoms with E-state index in [4.69, 9.17) is 0 Å². The predicted molar refractivity (Wildman–Crippen MR) is 165 cm³/mol. The van der Waals surface area contributed by atoms with Gasteiger partial charge in [0, 0.05) is 12.8 Å². The quantitative estimate of drug-likeness (QED) is 0.316. The molecule has 7 heteroatoms. The van der Waals surface area contributed by atoms with Gasteiger partial charge in [-0.2, -0.15) is 0 Å². The van der Waals surface area contributed by atoms with E-state index in [1.165, 1.54) is 5.57 Å². The molecule has 5 aliphatic carbocycles. The van der Waals surface area contributed by atoms with Crippen LogP contribution in [-0.4, -0.2) is 41.0 Å². The predicted octanol–water partition coefficient (Wildman–Crippen LogP) is 8.13. The Balaban J connectivity index is 1.29. The van der Waals surface area contributed by atoms with Crippen LogP contribution in [0.25, 0.3) is 0 Å². The van der Waals surface area contributed by atoms with Crippen LogP contribution < -0.4 is 0 Å². The van der Waals surface area contributed by atoms with Crippen molar-refractivity contribution in [3.63, 3.8) is 0 Å². The highest BCUT2D eigenvalue weighted by molar-refractivity contribution is 7.92. The third kappa shape index (κ3) is 5.45. The van der Waals surface area contributed by atoms with Crippen molar-refractivity contribution in [2.75, 3.05) is 0 Å². The van der Waals surface area contributed by atoms with Crippen LogP contribution in [0.15, 0.2) is 46.9 Å². The first-order valence-electron chi connectivity index (χ1n) is 16.8. The fourth-order valence-electron chi connectivity index (χ4n) is 11.0. The van der Waals surface area contributed by atoms with Crippen LogP contribution in [0.5, 0.6) is 0 Å². The number of hydrogen-bond acceptors (Lipinski definition) is 4. The van der Waals surface area contributed by atoms with Crippen LogP contribution in [0.2, 0.25) is 0 Å². The van der Waals surface area contributed by atoms with Gasteiger partial charge in [0.2, 0.25) is 5.92 Å². The van der Waals surface area contributed by atoms with E-state index in [1.54, 1.807) is 30.3 Å². The molecule has 4 saturated carbocycles.